The summed E-state index contributed by atoms with van der Waals surface area (Å²) in [5, 5.41) is 7.15. The van der Waals surface area contributed by atoms with Crippen LogP contribution in [-0.2, 0) is 4.74 Å². The van der Waals surface area contributed by atoms with Crippen molar-refractivity contribution in [3.8, 4) is 0 Å². The van der Waals surface area contributed by atoms with Gasteiger partial charge in [0.05, 0.1) is 12.3 Å². The van der Waals surface area contributed by atoms with Crippen LogP contribution in [0, 0.1) is 6.92 Å². The molecule has 24 heavy (non-hydrogen) atoms. The zero-order valence-electron chi connectivity index (χ0n) is 13.9. The van der Waals surface area contributed by atoms with Crippen LogP contribution in [0.1, 0.15) is 35.8 Å². The average Bonchev–Trinajstić information content (AvgIpc) is 2.90. The third kappa shape index (κ3) is 3.17. The van der Waals surface area contributed by atoms with E-state index in [1.54, 1.807) is 41.7 Å². The summed E-state index contributed by atoms with van der Waals surface area (Å²) in [6, 6.07) is 1.67. The van der Waals surface area contributed by atoms with Crippen LogP contribution in [0.4, 0.5) is 4.79 Å². The van der Waals surface area contributed by atoms with Gasteiger partial charge in [-0.2, -0.15) is 5.10 Å². The normalized spacial score (nSPS) is 17.8. The van der Waals surface area contributed by atoms with Crippen molar-refractivity contribution >= 4 is 17.6 Å². The average molecular weight is 331 g/mol. The monoisotopic (exact) mass is 331 g/mol. The van der Waals surface area contributed by atoms with Crippen molar-refractivity contribution in [3.63, 3.8) is 0 Å². The first-order valence-corrected chi connectivity index (χ1v) is 8.12. The van der Waals surface area contributed by atoms with Gasteiger partial charge in [0.25, 0.3) is 5.91 Å². The molecule has 1 N–H and O–H groups in total. The second-order valence-electron chi connectivity index (χ2n) is 5.80. The van der Waals surface area contributed by atoms with E-state index in [1.807, 2.05) is 0 Å². The Morgan fingerprint density at radius 3 is 3.08 bits per heavy atom. The zero-order valence-corrected chi connectivity index (χ0v) is 13.9. The number of piperidine rings is 1. The summed E-state index contributed by atoms with van der Waals surface area (Å²) in [5.74, 6) is -0.100. The summed E-state index contributed by atoms with van der Waals surface area (Å²) in [7, 11) is 0. The van der Waals surface area contributed by atoms with Gasteiger partial charge in [-0.1, -0.05) is 0 Å². The van der Waals surface area contributed by atoms with Crippen LogP contribution in [0.5, 0.6) is 0 Å². The van der Waals surface area contributed by atoms with Crippen LogP contribution in [0.15, 0.2) is 18.5 Å². The number of nitrogens with zero attached hydrogens (tertiary/aromatic N) is 4. The highest BCUT2D eigenvalue weighted by Crippen LogP contribution is 2.19. The molecule has 3 rings (SSSR count). The fraction of sp³-hybridized carbons (Fsp3) is 0.500. The largest absolute Gasteiger partial charge is 0.450 e. The second-order valence-corrected chi connectivity index (χ2v) is 5.80. The Morgan fingerprint density at radius 2 is 2.29 bits per heavy atom. The van der Waals surface area contributed by atoms with Gasteiger partial charge in [-0.25, -0.2) is 14.3 Å². The summed E-state index contributed by atoms with van der Waals surface area (Å²) in [5.41, 5.74) is 1.73. The number of hydrogen-bond acceptors (Lipinski definition) is 5. The van der Waals surface area contributed by atoms with Gasteiger partial charge in [-0.3, -0.25) is 4.79 Å². The highest BCUT2D eigenvalue weighted by molar-refractivity contribution is 6.01. The predicted octanol–water partition coefficient (Wildman–Crippen LogP) is 1.39. The topological polar surface area (TPSA) is 88.8 Å². The molecular formula is C16H21N5O3. The van der Waals surface area contributed by atoms with Crippen molar-refractivity contribution in [2.24, 2.45) is 0 Å². The summed E-state index contributed by atoms with van der Waals surface area (Å²) in [6.07, 6.45) is 4.64. The number of likely N-dealkylation sites (tertiary alicyclic amines) is 1. The molecule has 1 fully saturated rings. The van der Waals surface area contributed by atoms with Crippen molar-refractivity contribution in [1.29, 1.82) is 0 Å². The van der Waals surface area contributed by atoms with Crippen LogP contribution >= 0.6 is 0 Å². The van der Waals surface area contributed by atoms with Gasteiger partial charge in [-0.15, -0.1) is 0 Å². The lowest BCUT2D eigenvalue weighted by Gasteiger charge is -2.32. The molecule has 1 aliphatic heterocycles. The molecule has 1 unspecified atom stereocenters. The van der Waals surface area contributed by atoms with E-state index in [2.05, 4.69) is 15.4 Å². The maximum absolute atomic E-state index is 12.9. The van der Waals surface area contributed by atoms with Crippen molar-refractivity contribution < 1.29 is 14.3 Å². The van der Waals surface area contributed by atoms with Gasteiger partial charge in [0, 0.05) is 31.5 Å². The van der Waals surface area contributed by atoms with Gasteiger partial charge in [-0.05, 0) is 32.8 Å². The van der Waals surface area contributed by atoms with E-state index in [1.165, 1.54) is 0 Å². The summed E-state index contributed by atoms with van der Waals surface area (Å²) < 4.78 is 6.52. The van der Waals surface area contributed by atoms with Crippen molar-refractivity contribution in [2.45, 2.75) is 32.7 Å². The van der Waals surface area contributed by atoms with Crippen LogP contribution < -0.4 is 5.32 Å². The summed E-state index contributed by atoms with van der Waals surface area (Å²) in [6.45, 7) is 5.01. The Hall–Kier alpha value is -2.64. The number of carbonyl (C=O) groups excluding carboxylic acids is 2. The number of aromatic nitrogens is 3. The molecule has 8 nitrogen and oxygen atoms in total. The molecule has 128 valence electrons. The van der Waals surface area contributed by atoms with Crippen LogP contribution in [0.3, 0.4) is 0 Å². The summed E-state index contributed by atoms with van der Waals surface area (Å²) in [4.78, 5) is 30.5. The molecule has 2 aromatic rings. The van der Waals surface area contributed by atoms with Crippen molar-refractivity contribution in [3.05, 3.63) is 29.7 Å². The molecule has 2 aromatic heterocycles. The van der Waals surface area contributed by atoms with E-state index in [-0.39, 0.29) is 11.9 Å². The molecular weight excluding hydrogens is 310 g/mol. The maximum Gasteiger partial charge on any atom is 0.407 e. The minimum atomic E-state index is -0.439. The Kier molecular flexibility index (Phi) is 4.64. The number of rotatable bonds is 3. The number of ether oxygens (including phenoxy) is 1. The molecule has 0 spiro atoms. The van der Waals surface area contributed by atoms with Crippen molar-refractivity contribution in [2.75, 3.05) is 19.7 Å². The van der Waals surface area contributed by atoms with Gasteiger partial charge in [0.1, 0.15) is 5.56 Å². The molecule has 1 saturated heterocycles. The molecule has 0 aliphatic carbocycles. The van der Waals surface area contributed by atoms with E-state index < -0.39 is 6.09 Å². The highest BCUT2D eigenvalue weighted by atomic mass is 16.5. The lowest BCUT2D eigenvalue weighted by atomic mass is 10.0. The van der Waals surface area contributed by atoms with E-state index in [0.29, 0.717) is 36.6 Å². The van der Waals surface area contributed by atoms with Crippen molar-refractivity contribution in [1.82, 2.24) is 24.8 Å². The Labute approximate surface area is 139 Å². The standard InChI is InChI=1S/C16H21N5O3/c1-3-24-16(23)18-12-6-4-8-20(10-12)15(22)13-11(2)19-21-9-5-7-17-14(13)21/h5,7,9,12H,3-4,6,8,10H2,1-2H3,(H,18,23). The summed E-state index contributed by atoms with van der Waals surface area (Å²) >= 11 is 0. The molecule has 8 heteroatoms. The van der Waals surface area contributed by atoms with Gasteiger partial charge < -0.3 is 15.0 Å². The van der Waals surface area contributed by atoms with E-state index >= 15 is 0 Å². The second kappa shape index (κ2) is 6.86. The fourth-order valence-electron chi connectivity index (χ4n) is 3.02. The fourth-order valence-corrected chi connectivity index (χ4v) is 3.02. The first-order chi connectivity index (χ1) is 11.6. The molecule has 0 radical (unpaired) electrons. The van der Waals surface area contributed by atoms with E-state index in [0.717, 1.165) is 12.8 Å². The third-order valence-corrected chi connectivity index (χ3v) is 4.09. The SMILES string of the molecule is CCOC(=O)NC1CCCN(C(=O)c2c(C)nn3cccnc23)C1. The predicted molar refractivity (Wildman–Crippen MR) is 86.8 cm³/mol. The lowest BCUT2D eigenvalue weighted by molar-refractivity contribution is 0.0687. The number of amides is 2. The molecule has 0 aromatic carbocycles. The third-order valence-electron chi connectivity index (χ3n) is 4.09. The Balaban J connectivity index is 1.76. The molecule has 3 heterocycles. The first kappa shape index (κ1) is 16.2. The number of hydrogen-bond donors (Lipinski definition) is 1. The number of fused-ring (bicyclic) bond motifs is 1. The molecule has 0 saturated carbocycles. The number of nitrogens with one attached hydrogen (secondary N) is 1. The number of carbonyl (C=O) groups is 2. The van der Waals surface area contributed by atoms with E-state index in [4.69, 9.17) is 4.74 Å². The molecule has 1 atom stereocenters. The zero-order chi connectivity index (χ0) is 17.1. The Bertz CT molecular complexity index is 757. The highest BCUT2D eigenvalue weighted by Gasteiger charge is 2.29. The minimum Gasteiger partial charge on any atom is -0.450 e. The quantitative estimate of drug-likeness (QED) is 0.918. The van der Waals surface area contributed by atoms with Crippen LogP contribution in [-0.4, -0.2) is 57.2 Å². The molecule has 1 aliphatic rings. The first-order valence-electron chi connectivity index (χ1n) is 8.12. The number of aryl methyl sites for hydroxylation is 1. The minimum absolute atomic E-state index is 0.100. The smallest absolute Gasteiger partial charge is 0.407 e. The number of alkyl carbamates (subject to hydrolysis) is 1. The van der Waals surface area contributed by atoms with Gasteiger partial charge in [0.2, 0.25) is 0 Å². The Morgan fingerprint density at radius 1 is 1.46 bits per heavy atom. The van der Waals surface area contributed by atoms with Gasteiger partial charge >= 0.3 is 6.09 Å². The lowest BCUT2D eigenvalue weighted by Crippen LogP contribution is -2.49. The van der Waals surface area contributed by atoms with Crippen LogP contribution in [0.2, 0.25) is 0 Å². The molecule has 0 bridgehead atoms. The van der Waals surface area contributed by atoms with Gasteiger partial charge in [0.15, 0.2) is 5.65 Å². The molecule has 2 amide bonds. The maximum atomic E-state index is 12.9. The van der Waals surface area contributed by atoms with Crippen LogP contribution in [0.25, 0.3) is 5.65 Å². The van der Waals surface area contributed by atoms with E-state index in [9.17, 15) is 9.59 Å².